The van der Waals surface area contributed by atoms with Gasteiger partial charge in [0.15, 0.2) is 0 Å². The van der Waals surface area contributed by atoms with E-state index in [1.54, 1.807) is 16.8 Å². The third-order valence-corrected chi connectivity index (χ3v) is 7.83. The number of esters is 1. The molecule has 1 aromatic rings. The van der Waals surface area contributed by atoms with Gasteiger partial charge in [-0.3, -0.25) is 14.3 Å². The van der Waals surface area contributed by atoms with Crippen molar-refractivity contribution in [1.82, 2.24) is 15.1 Å². The molecule has 0 radical (unpaired) electrons. The highest BCUT2D eigenvalue weighted by Crippen LogP contribution is 2.39. The predicted octanol–water partition coefficient (Wildman–Crippen LogP) is 1.89. The van der Waals surface area contributed by atoms with E-state index in [9.17, 15) is 18.0 Å². The zero-order valence-corrected chi connectivity index (χ0v) is 21.3. The summed E-state index contributed by atoms with van der Waals surface area (Å²) >= 11 is 0. The van der Waals surface area contributed by atoms with Crippen LogP contribution in [-0.4, -0.2) is 61.3 Å². The van der Waals surface area contributed by atoms with Gasteiger partial charge in [-0.1, -0.05) is 32.1 Å². The van der Waals surface area contributed by atoms with Gasteiger partial charge in [0.2, 0.25) is 10.3 Å². The van der Waals surface area contributed by atoms with Crippen molar-refractivity contribution in [1.29, 1.82) is 0 Å². The number of allylic oxidation sites excluding steroid dienone is 3. The fourth-order valence-electron chi connectivity index (χ4n) is 5.05. The highest BCUT2D eigenvalue weighted by Gasteiger charge is 2.40. The minimum atomic E-state index is -2.50. The van der Waals surface area contributed by atoms with Gasteiger partial charge in [-0.25, -0.2) is 0 Å². The number of ether oxygens (including phenoxy) is 2. The first-order valence-electron chi connectivity index (χ1n) is 12.1. The Kier molecular flexibility index (Phi) is 7.32. The van der Waals surface area contributed by atoms with Crippen molar-refractivity contribution >= 4 is 27.0 Å². The summed E-state index contributed by atoms with van der Waals surface area (Å²) in [6, 6.07) is 0. The van der Waals surface area contributed by atoms with Crippen LogP contribution in [0.15, 0.2) is 24.3 Å². The smallest absolute Gasteiger partial charge is 0.318 e. The molecule has 1 saturated heterocycles. The zero-order valence-electron chi connectivity index (χ0n) is 20.5. The topological polar surface area (TPSA) is 117 Å². The quantitative estimate of drug-likeness (QED) is 0.465. The molecule has 1 unspecified atom stereocenters. The molecule has 0 bridgehead atoms. The molecule has 0 aromatic carbocycles. The summed E-state index contributed by atoms with van der Waals surface area (Å²) < 4.78 is 35.9. The maximum atomic E-state index is 13.0. The van der Waals surface area contributed by atoms with E-state index in [-0.39, 0.29) is 22.8 Å². The SMILES string of the molecule is CCn1nc(CC(C)(C)COC(=O)C2C=CC=CC2=S(=O)=O)c2c1C(=O)NCC1(CCOCC1)C2. The Balaban J connectivity index is 1.54. The maximum absolute atomic E-state index is 13.0. The molecule has 2 aliphatic heterocycles. The molecular formula is C25H33N3O6S. The molecule has 1 N–H and O–H groups in total. The number of hydrogen-bond donors (Lipinski definition) is 1. The summed E-state index contributed by atoms with van der Waals surface area (Å²) in [7, 11) is -2.50. The second-order valence-corrected chi connectivity index (χ2v) is 11.3. The van der Waals surface area contributed by atoms with Crippen LogP contribution in [0.2, 0.25) is 0 Å². The number of carbonyl (C=O) groups excluding carboxylic acids is 2. The van der Waals surface area contributed by atoms with Crippen molar-refractivity contribution in [2.24, 2.45) is 16.7 Å². The number of nitrogens with zero attached hydrogens (tertiary/aromatic N) is 2. The molecule has 9 nitrogen and oxygen atoms in total. The minimum absolute atomic E-state index is 0.00455. The first-order valence-corrected chi connectivity index (χ1v) is 13.1. The molecule has 1 fully saturated rings. The van der Waals surface area contributed by atoms with Crippen LogP contribution in [0, 0.1) is 16.7 Å². The fourth-order valence-corrected chi connectivity index (χ4v) is 5.62. The van der Waals surface area contributed by atoms with E-state index in [2.05, 4.69) is 5.32 Å². The van der Waals surface area contributed by atoms with Crippen LogP contribution in [-0.2, 0) is 43.9 Å². The maximum Gasteiger partial charge on any atom is 0.318 e. The number of aromatic nitrogens is 2. The van der Waals surface area contributed by atoms with Crippen LogP contribution in [0.25, 0.3) is 0 Å². The third-order valence-electron chi connectivity index (χ3n) is 7.06. The Morgan fingerprint density at radius 3 is 2.74 bits per heavy atom. The van der Waals surface area contributed by atoms with E-state index in [1.165, 1.54) is 12.2 Å². The predicted molar refractivity (Wildman–Crippen MR) is 131 cm³/mol. The van der Waals surface area contributed by atoms with Gasteiger partial charge >= 0.3 is 5.97 Å². The van der Waals surface area contributed by atoms with Crippen molar-refractivity contribution in [2.75, 3.05) is 26.4 Å². The lowest BCUT2D eigenvalue weighted by Gasteiger charge is -2.36. The number of hydrogen-bond acceptors (Lipinski definition) is 7. The van der Waals surface area contributed by atoms with Gasteiger partial charge in [-0.2, -0.15) is 13.5 Å². The molecule has 10 heteroatoms. The molecule has 1 atom stereocenters. The van der Waals surface area contributed by atoms with E-state index in [1.807, 2.05) is 20.8 Å². The highest BCUT2D eigenvalue weighted by molar-refractivity contribution is 7.73. The Bertz CT molecular complexity index is 1190. The van der Waals surface area contributed by atoms with Crippen LogP contribution in [0.5, 0.6) is 0 Å². The molecule has 190 valence electrons. The molecule has 3 aliphatic rings. The number of rotatable bonds is 6. The molecule has 35 heavy (non-hydrogen) atoms. The van der Waals surface area contributed by atoms with Crippen molar-refractivity contribution in [3.8, 4) is 0 Å². The van der Waals surface area contributed by atoms with Gasteiger partial charge in [0.25, 0.3) is 5.91 Å². The van der Waals surface area contributed by atoms with Crippen LogP contribution < -0.4 is 5.32 Å². The standard InChI is InChI=1S/C25H33N3O6S/c1-4-28-21-18(13-25(15-26-22(21)29)9-11-33-12-10-25)19(27-28)14-24(2,3)16-34-23(30)17-7-5-6-8-20(17)35(31)32/h5-8,17H,4,9-16H2,1-3H3,(H,26,29). The molecule has 1 spiro atoms. The lowest BCUT2D eigenvalue weighted by atomic mass is 9.74. The van der Waals surface area contributed by atoms with Gasteiger partial charge in [-0.15, -0.1) is 0 Å². The summed E-state index contributed by atoms with van der Waals surface area (Å²) in [6.07, 6.45) is 9.18. The largest absolute Gasteiger partial charge is 0.464 e. The Morgan fingerprint density at radius 2 is 2.06 bits per heavy atom. The normalized spacial score (nSPS) is 21.4. The number of nitrogens with one attached hydrogen (secondary N) is 1. The third kappa shape index (κ3) is 5.43. The summed E-state index contributed by atoms with van der Waals surface area (Å²) in [5.41, 5.74) is 1.91. The van der Waals surface area contributed by atoms with Gasteiger partial charge in [-0.05, 0) is 37.7 Å². The fraction of sp³-hybridized carbons (Fsp3) is 0.600. The first kappa shape index (κ1) is 25.4. The molecule has 3 heterocycles. The number of fused-ring (bicyclic) bond motifs is 1. The van der Waals surface area contributed by atoms with E-state index < -0.39 is 27.6 Å². The van der Waals surface area contributed by atoms with Gasteiger partial charge in [0, 0.05) is 43.7 Å². The van der Waals surface area contributed by atoms with Crippen LogP contribution in [0.1, 0.15) is 55.4 Å². The number of carbonyl (C=O) groups is 2. The molecule has 0 saturated carbocycles. The van der Waals surface area contributed by atoms with Gasteiger partial charge in [0.05, 0.1) is 17.2 Å². The monoisotopic (exact) mass is 503 g/mol. The van der Waals surface area contributed by atoms with Crippen molar-refractivity contribution in [2.45, 2.75) is 53.0 Å². The second kappa shape index (κ2) is 10.1. The molecule has 1 aliphatic carbocycles. The Hall–Kier alpha value is -2.72. The van der Waals surface area contributed by atoms with Gasteiger partial charge < -0.3 is 14.8 Å². The van der Waals surface area contributed by atoms with E-state index in [0.717, 1.165) is 30.5 Å². The molecular weight excluding hydrogens is 470 g/mol. The summed E-state index contributed by atoms with van der Waals surface area (Å²) in [4.78, 5) is 25.7. The Morgan fingerprint density at radius 1 is 1.31 bits per heavy atom. The van der Waals surface area contributed by atoms with Crippen LogP contribution in [0.3, 0.4) is 0 Å². The second-order valence-electron chi connectivity index (χ2n) is 10.4. The zero-order chi connectivity index (χ0) is 25.2. The van der Waals surface area contributed by atoms with Crippen LogP contribution >= 0.6 is 0 Å². The number of amides is 1. The summed E-state index contributed by atoms with van der Waals surface area (Å²) in [5, 5.41) is 7.91. The lowest BCUT2D eigenvalue weighted by molar-refractivity contribution is -0.147. The van der Waals surface area contributed by atoms with E-state index >= 15 is 0 Å². The van der Waals surface area contributed by atoms with E-state index in [4.69, 9.17) is 14.6 Å². The van der Waals surface area contributed by atoms with Crippen molar-refractivity contribution in [3.05, 3.63) is 41.3 Å². The van der Waals surface area contributed by atoms with Crippen molar-refractivity contribution in [3.63, 3.8) is 0 Å². The van der Waals surface area contributed by atoms with E-state index in [0.29, 0.717) is 38.4 Å². The molecule has 1 aromatic heterocycles. The Labute approximate surface area is 207 Å². The highest BCUT2D eigenvalue weighted by atomic mass is 32.2. The molecule has 4 rings (SSSR count). The first-order chi connectivity index (χ1) is 16.6. The molecule has 1 amide bonds. The van der Waals surface area contributed by atoms with Crippen molar-refractivity contribution < 1.29 is 27.5 Å². The number of aryl methyl sites for hydroxylation is 1. The minimum Gasteiger partial charge on any atom is -0.464 e. The van der Waals surface area contributed by atoms with Gasteiger partial charge in [0.1, 0.15) is 11.6 Å². The average Bonchev–Trinajstić information content (AvgIpc) is 3.10. The summed E-state index contributed by atoms with van der Waals surface area (Å²) in [5.74, 6) is -1.64. The average molecular weight is 504 g/mol. The lowest BCUT2D eigenvalue weighted by Crippen LogP contribution is -2.40. The van der Waals surface area contributed by atoms with Crippen LogP contribution in [0.4, 0.5) is 0 Å². The summed E-state index contributed by atoms with van der Waals surface area (Å²) in [6.45, 7) is 8.58.